The molecule has 2 unspecified atom stereocenters. The van der Waals surface area contributed by atoms with Gasteiger partial charge in [0.25, 0.3) is 0 Å². The van der Waals surface area contributed by atoms with Crippen LogP contribution in [0.15, 0.2) is 0 Å². The summed E-state index contributed by atoms with van der Waals surface area (Å²) in [5.41, 5.74) is 0. The number of alkyl halides is 2. The number of hydrogen-bond acceptors (Lipinski definition) is 2. The molecule has 0 aromatic heterocycles. The van der Waals surface area contributed by atoms with Crippen LogP contribution in [0, 0.1) is 0 Å². The Morgan fingerprint density at radius 2 is 1.27 bits per heavy atom. The summed E-state index contributed by atoms with van der Waals surface area (Å²) in [4.78, 5) is 0. The van der Waals surface area contributed by atoms with Crippen molar-refractivity contribution in [2.45, 2.75) is 20.7 Å². The zero-order valence-corrected chi connectivity index (χ0v) is 13.4. The predicted octanol–water partition coefficient (Wildman–Crippen LogP) is 2.65. The van der Waals surface area contributed by atoms with E-state index in [4.69, 9.17) is 10.2 Å². The van der Waals surface area contributed by atoms with Crippen molar-refractivity contribution in [3.63, 3.8) is 0 Å². The Labute approximate surface area is 99.0 Å². The molecule has 0 fully saturated rings. The van der Waals surface area contributed by atoms with Gasteiger partial charge in [-0.05, 0) is 0 Å². The van der Waals surface area contributed by atoms with E-state index in [0.717, 1.165) is 0 Å². The summed E-state index contributed by atoms with van der Waals surface area (Å²) in [6.45, 7) is 0. The summed E-state index contributed by atoms with van der Waals surface area (Å²) >= 11 is 13.0. The van der Waals surface area contributed by atoms with Gasteiger partial charge in [-0.15, -0.1) is 0 Å². The van der Waals surface area contributed by atoms with E-state index in [2.05, 4.69) is 60.1 Å². The van der Waals surface area contributed by atoms with Crippen LogP contribution < -0.4 is 0 Å². The van der Waals surface area contributed by atoms with Crippen molar-refractivity contribution < 1.29 is 10.2 Å². The van der Waals surface area contributed by atoms with E-state index in [1.807, 2.05) is 0 Å². The number of aliphatic hydroxyl groups excluding tert-OH is 2. The first-order valence-corrected chi connectivity index (χ1v) is 14.9. The molecule has 0 radical (unpaired) electrons. The summed E-state index contributed by atoms with van der Waals surface area (Å²) in [5, 5.41) is 18.2. The minimum atomic E-state index is -1.97. The van der Waals surface area contributed by atoms with Crippen LogP contribution in [0.2, 0.25) is 10.6 Å². The predicted molar refractivity (Wildman–Crippen MR) is 63.1 cm³/mol. The first-order valence-electron chi connectivity index (χ1n) is 2.66. The van der Waals surface area contributed by atoms with E-state index in [0.29, 0.717) is 10.6 Å². The fraction of sp³-hybridized carbons (Fsp3) is 1.00. The van der Waals surface area contributed by atoms with Gasteiger partial charge < -0.3 is 0 Å². The average molecular weight is 487 g/mol. The molecule has 0 bridgehead atoms. The molecule has 11 heavy (non-hydrogen) atoms. The van der Waals surface area contributed by atoms with Crippen LogP contribution in [0.3, 0.4) is 0 Å². The van der Waals surface area contributed by atoms with Crippen molar-refractivity contribution in [1.29, 1.82) is 0 Å². The molecule has 70 valence electrons. The van der Waals surface area contributed by atoms with Crippen molar-refractivity contribution >= 4 is 69.3 Å². The molecular formula is C4H8Br4O2Se. The van der Waals surface area contributed by atoms with E-state index < -0.39 is 19.3 Å². The number of rotatable bonds is 4. The monoisotopic (exact) mass is 484 g/mol. The molecule has 0 saturated carbocycles. The molecule has 0 saturated heterocycles. The van der Waals surface area contributed by atoms with Crippen molar-refractivity contribution in [3.8, 4) is 0 Å². The maximum absolute atomic E-state index is 9.00. The van der Waals surface area contributed by atoms with E-state index in [1.54, 1.807) is 0 Å². The second-order valence-corrected chi connectivity index (χ2v) is 25.7. The third kappa shape index (κ3) is 8.68. The van der Waals surface area contributed by atoms with E-state index >= 15 is 0 Å². The Hall–Kier alpha value is 2.36. The molecule has 2 N–H and O–H groups in total. The van der Waals surface area contributed by atoms with Gasteiger partial charge in [-0.1, -0.05) is 0 Å². The molecule has 0 rings (SSSR count). The molecule has 2 atom stereocenters. The summed E-state index contributed by atoms with van der Waals surface area (Å²) in [7, 11) is -1.97. The zero-order chi connectivity index (χ0) is 9.07. The van der Waals surface area contributed by atoms with Gasteiger partial charge in [0, 0.05) is 0 Å². The molecule has 0 aliphatic carbocycles. The van der Waals surface area contributed by atoms with Crippen LogP contribution in [0.25, 0.3) is 0 Å². The molecular weight excluding hydrogens is 479 g/mol. The summed E-state index contributed by atoms with van der Waals surface area (Å²) < 4.78 is 0. The molecule has 0 aliphatic heterocycles. The van der Waals surface area contributed by atoms with Crippen molar-refractivity contribution in [3.05, 3.63) is 0 Å². The second-order valence-electron chi connectivity index (χ2n) is 1.90. The van der Waals surface area contributed by atoms with Gasteiger partial charge in [-0.2, -0.15) is 0 Å². The number of hydrogen-bond donors (Lipinski definition) is 2. The van der Waals surface area contributed by atoms with Gasteiger partial charge in [-0.3, -0.25) is 0 Å². The van der Waals surface area contributed by atoms with Crippen LogP contribution in [-0.2, 0) is 0 Å². The topological polar surface area (TPSA) is 40.5 Å². The van der Waals surface area contributed by atoms with Crippen LogP contribution in [0.1, 0.15) is 0 Å². The van der Waals surface area contributed by atoms with Gasteiger partial charge in [0.1, 0.15) is 0 Å². The van der Waals surface area contributed by atoms with Gasteiger partial charge in [0.05, 0.1) is 0 Å². The van der Waals surface area contributed by atoms with Gasteiger partial charge in [-0.25, -0.2) is 0 Å². The maximum atomic E-state index is 9.00. The number of halogens is 4. The van der Waals surface area contributed by atoms with E-state index in [9.17, 15) is 0 Å². The van der Waals surface area contributed by atoms with Gasteiger partial charge in [0.15, 0.2) is 0 Å². The first-order chi connectivity index (χ1) is 4.83. The summed E-state index contributed by atoms with van der Waals surface area (Å²) in [6.07, 6.45) is 0. The molecule has 7 heteroatoms. The summed E-state index contributed by atoms with van der Waals surface area (Å²) in [5.74, 6) is 0. The van der Waals surface area contributed by atoms with Crippen LogP contribution in [0.4, 0.5) is 0 Å². The molecule has 2 nitrogen and oxygen atoms in total. The van der Waals surface area contributed by atoms with Gasteiger partial charge >= 0.3 is 100 Å². The molecule has 0 aromatic rings. The second kappa shape index (κ2) is 5.96. The quantitative estimate of drug-likeness (QED) is 0.474. The fourth-order valence-corrected chi connectivity index (χ4v) is 19.7. The van der Waals surface area contributed by atoms with Crippen molar-refractivity contribution in [1.82, 2.24) is 0 Å². The van der Waals surface area contributed by atoms with E-state index in [1.165, 1.54) is 0 Å². The average Bonchev–Trinajstić information content (AvgIpc) is 1.53. The zero-order valence-electron chi connectivity index (χ0n) is 5.38. The standard InChI is InChI=1S/C4H8Br4O2Se/c5-3(9)1-11(7,8)2-4(6)10/h3-4,9-10H,1-2H2. The Morgan fingerprint density at radius 3 is 1.45 bits per heavy atom. The SMILES string of the molecule is OC(Br)C[Se](Br)(Br)CC(O)Br. The third-order valence-corrected chi connectivity index (χ3v) is 12.2. The summed E-state index contributed by atoms with van der Waals surface area (Å²) in [6, 6.07) is 0. The van der Waals surface area contributed by atoms with Crippen LogP contribution in [0.5, 0.6) is 0 Å². The minimum absolute atomic E-state index is 0.507. The Morgan fingerprint density at radius 1 is 1.00 bits per heavy atom. The fourth-order valence-electron chi connectivity index (χ4n) is 0.470. The van der Waals surface area contributed by atoms with Gasteiger partial charge in [0.2, 0.25) is 0 Å². The van der Waals surface area contributed by atoms with Crippen LogP contribution >= 0.6 is 60.1 Å². The Bertz CT molecular complexity index is 107. The van der Waals surface area contributed by atoms with Crippen molar-refractivity contribution in [2.75, 3.05) is 0 Å². The van der Waals surface area contributed by atoms with E-state index in [-0.39, 0.29) is 0 Å². The Balaban J connectivity index is 3.79. The van der Waals surface area contributed by atoms with Crippen molar-refractivity contribution in [2.24, 2.45) is 0 Å². The normalized spacial score (nSPS) is 19.5. The molecule has 0 spiro atoms. The van der Waals surface area contributed by atoms with Crippen LogP contribution in [-0.4, -0.2) is 29.5 Å². The first kappa shape index (κ1) is 13.4. The Kier molecular flexibility index (Phi) is 7.24. The molecule has 0 aliphatic rings. The third-order valence-electron chi connectivity index (χ3n) is 0.763. The molecule has 0 amide bonds. The molecule has 0 heterocycles. The number of aliphatic hydroxyl groups is 2. The molecule has 0 aromatic carbocycles.